The molecule has 0 bridgehead atoms. The van der Waals surface area contributed by atoms with Gasteiger partial charge in [-0.3, -0.25) is 0 Å². The monoisotopic (exact) mass is 303 g/mol. The topological polar surface area (TPSA) is 21.7 Å². The van der Waals surface area contributed by atoms with E-state index >= 15 is 0 Å². The fourth-order valence-corrected chi connectivity index (χ4v) is 2.75. The minimum atomic E-state index is 0.300. The Hall–Kier alpha value is -2.94. The first kappa shape index (κ1) is 13.7. The molecule has 0 aliphatic carbocycles. The second kappa shape index (κ2) is 5.69. The van der Waals surface area contributed by atoms with Gasteiger partial charge in [-0.25, -0.2) is 0 Å². The van der Waals surface area contributed by atoms with Crippen LogP contribution in [0.3, 0.4) is 0 Å². The van der Waals surface area contributed by atoms with E-state index in [1.165, 1.54) is 11.1 Å². The molecule has 3 heteroatoms. The molecule has 0 saturated heterocycles. The van der Waals surface area contributed by atoms with Crippen molar-refractivity contribution in [3.05, 3.63) is 72.8 Å². The van der Waals surface area contributed by atoms with Gasteiger partial charge in [-0.15, -0.1) is 0 Å². The molecule has 3 aromatic carbocycles. The highest BCUT2D eigenvalue weighted by Gasteiger charge is 2.15. The number of rotatable bonds is 3. The van der Waals surface area contributed by atoms with Crippen molar-refractivity contribution < 1.29 is 9.47 Å². The van der Waals surface area contributed by atoms with E-state index in [4.69, 9.17) is 9.47 Å². The molecular formula is C20H17NO2. The minimum Gasteiger partial charge on any atom is -0.454 e. The first-order valence-corrected chi connectivity index (χ1v) is 7.60. The summed E-state index contributed by atoms with van der Waals surface area (Å²) >= 11 is 0. The molecule has 0 aromatic heterocycles. The predicted molar refractivity (Wildman–Crippen MR) is 92.5 cm³/mol. The molecule has 3 aromatic rings. The molecular weight excluding hydrogens is 286 g/mol. The fraction of sp³-hybridized carbons (Fsp3) is 0.100. The molecule has 1 heterocycles. The molecule has 0 amide bonds. The van der Waals surface area contributed by atoms with Crippen LogP contribution in [0.1, 0.15) is 0 Å². The van der Waals surface area contributed by atoms with E-state index in [1.54, 1.807) is 0 Å². The van der Waals surface area contributed by atoms with E-state index in [-0.39, 0.29) is 0 Å². The lowest BCUT2D eigenvalue weighted by atomic mass is 10.1. The van der Waals surface area contributed by atoms with Crippen molar-refractivity contribution in [3.63, 3.8) is 0 Å². The van der Waals surface area contributed by atoms with Crippen LogP contribution in [-0.2, 0) is 0 Å². The molecule has 0 saturated carbocycles. The molecule has 0 spiro atoms. The van der Waals surface area contributed by atoms with Gasteiger partial charge >= 0.3 is 0 Å². The molecule has 3 nitrogen and oxygen atoms in total. The summed E-state index contributed by atoms with van der Waals surface area (Å²) in [5, 5.41) is 0. The van der Waals surface area contributed by atoms with Gasteiger partial charge in [0.2, 0.25) is 6.79 Å². The number of fused-ring (bicyclic) bond motifs is 1. The summed E-state index contributed by atoms with van der Waals surface area (Å²) < 4.78 is 10.8. The summed E-state index contributed by atoms with van der Waals surface area (Å²) in [7, 11) is 2.05. The molecule has 1 aliphatic rings. The van der Waals surface area contributed by atoms with Crippen LogP contribution in [0, 0.1) is 0 Å². The Kier molecular flexibility index (Phi) is 3.39. The molecule has 114 valence electrons. The Balaban J connectivity index is 1.60. The number of ether oxygens (including phenoxy) is 2. The third-order valence-corrected chi connectivity index (χ3v) is 4.11. The van der Waals surface area contributed by atoms with Crippen molar-refractivity contribution in [3.8, 4) is 22.6 Å². The highest BCUT2D eigenvalue weighted by atomic mass is 16.7. The van der Waals surface area contributed by atoms with E-state index in [0.717, 1.165) is 22.9 Å². The summed E-state index contributed by atoms with van der Waals surface area (Å²) in [5.41, 5.74) is 4.64. The smallest absolute Gasteiger partial charge is 0.231 e. The van der Waals surface area contributed by atoms with Gasteiger partial charge in [-0.05, 0) is 35.4 Å². The lowest BCUT2D eigenvalue weighted by Crippen LogP contribution is -2.09. The van der Waals surface area contributed by atoms with Crippen molar-refractivity contribution >= 4 is 11.4 Å². The molecule has 0 unspecified atom stereocenters. The standard InChI is InChI=1S/C20H17NO2/c1-21(18-11-12-19-20(13-18)23-14-22-19)17-9-7-16(8-10-17)15-5-3-2-4-6-15/h2-13H,14H2,1H3. The lowest BCUT2D eigenvalue weighted by molar-refractivity contribution is 0.174. The summed E-state index contributed by atoms with van der Waals surface area (Å²) in [5.74, 6) is 1.61. The van der Waals surface area contributed by atoms with Crippen LogP contribution in [0.25, 0.3) is 11.1 Å². The Morgan fingerprint density at radius 3 is 2.13 bits per heavy atom. The van der Waals surface area contributed by atoms with E-state index in [9.17, 15) is 0 Å². The maximum Gasteiger partial charge on any atom is 0.231 e. The molecule has 0 fully saturated rings. The van der Waals surface area contributed by atoms with Crippen LogP contribution in [-0.4, -0.2) is 13.8 Å². The molecule has 1 aliphatic heterocycles. The van der Waals surface area contributed by atoms with Crippen molar-refractivity contribution in [2.24, 2.45) is 0 Å². The van der Waals surface area contributed by atoms with Crippen LogP contribution in [0.15, 0.2) is 72.8 Å². The maximum atomic E-state index is 5.45. The molecule has 0 radical (unpaired) electrons. The Bertz CT molecular complexity index is 813. The van der Waals surface area contributed by atoms with Gasteiger partial charge in [0.25, 0.3) is 0 Å². The second-order valence-electron chi connectivity index (χ2n) is 5.51. The highest BCUT2D eigenvalue weighted by Crippen LogP contribution is 2.37. The minimum absolute atomic E-state index is 0.300. The van der Waals surface area contributed by atoms with Gasteiger partial charge < -0.3 is 14.4 Å². The molecule has 0 atom stereocenters. The zero-order valence-corrected chi connectivity index (χ0v) is 12.9. The first-order valence-electron chi connectivity index (χ1n) is 7.60. The van der Waals surface area contributed by atoms with Crippen LogP contribution in [0.4, 0.5) is 11.4 Å². The molecule has 0 N–H and O–H groups in total. The van der Waals surface area contributed by atoms with E-state index in [2.05, 4.69) is 60.5 Å². The van der Waals surface area contributed by atoms with Gasteiger partial charge in [0.1, 0.15) is 0 Å². The SMILES string of the molecule is CN(c1ccc(-c2ccccc2)cc1)c1ccc2c(c1)OCO2. The Labute approximate surface area is 135 Å². The van der Waals surface area contributed by atoms with E-state index in [0.29, 0.717) is 6.79 Å². The van der Waals surface area contributed by atoms with Gasteiger partial charge in [-0.1, -0.05) is 42.5 Å². The number of hydrogen-bond donors (Lipinski definition) is 0. The zero-order chi connectivity index (χ0) is 15.6. The Morgan fingerprint density at radius 1 is 0.696 bits per heavy atom. The Morgan fingerprint density at radius 2 is 1.35 bits per heavy atom. The van der Waals surface area contributed by atoms with Gasteiger partial charge in [-0.2, -0.15) is 0 Å². The van der Waals surface area contributed by atoms with Gasteiger partial charge in [0.15, 0.2) is 11.5 Å². The number of anilines is 2. The van der Waals surface area contributed by atoms with Crippen molar-refractivity contribution in [1.29, 1.82) is 0 Å². The maximum absolute atomic E-state index is 5.45. The summed E-state index contributed by atoms with van der Waals surface area (Å²) in [6.45, 7) is 0.300. The number of hydrogen-bond acceptors (Lipinski definition) is 3. The lowest BCUT2D eigenvalue weighted by Gasteiger charge is -2.20. The van der Waals surface area contributed by atoms with Crippen molar-refractivity contribution in [2.45, 2.75) is 0 Å². The number of benzene rings is 3. The van der Waals surface area contributed by atoms with Crippen LogP contribution in [0.2, 0.25) is 0 Å². The highest BCUT2D eigenvalue weighted by molar-refractivity contribution is 5.70. The number of nitrogens with zero attached hydrogens (tertiary/aromatic N) is 1. The van der Waals surface area contributed by atoms with Crippen LogP contribution in [0.5, 0.6) is 11.5 Å². The van der Waals surface area contributed by atoms with Crippen molar-refractivity contribution in [2.75, 3.05) is 18.7 Å². The van der Waals surface area contributed by atoms with Crippen LogP contribution >= 0.6 is 0 Å². The first-order chi connectivity index (χ1) is 11.3. The molecule has 23 heavy (non-hydrogen) atoms. The van der Waals surface area contributed by atoms with Gasteiger partial charge in [0, 0.05) is 24.5 Å². The van der Waals surface area contributed by atoms with Crippen LogP contribution < -0.4 is 14.4 Å². The van der Waals surface area contributed by atoms with E-state index < -0.39 is 0 Å². The average Bonchev–Trinajstić information content (AvgIpc) is 3.10. The molecule has 4 rings (SSSR count). The summed E-state index contributed by atoms with van der Waals surface area (Å²) in [4.78, 5) is 2.14. The van der Waals surface area contributed by atoms with Gasteiger partial charge in [0.05, 0.1) is 0 Å². The third kappa shape index (κ3) is 2.61. The van der Waals surface area contributed by atoms with E-state index in [1.807, 2.05) is 24.3 Å². The fourth-order valence-electron chi connectivity index (χ4n) is 2.75. The summed E-state index contributed by atoms with van der Waals surface area (Å²) in [6.07, 6.45) is 0. The second-order valence-corrected chi connectivity index (χ2v) is 5.51. The normalized spacial score (nSPS) is 12.2. The zero-order valence-electron chi connectivity index (χ0n) is 12.9. The predicted octanol–water partition coefficient (Wildman–Crippen LogP) is 4.85. The summed E-state index contributed by atoms with van der Waals surface area (Å²) in [6, 6.07) is 24.9. The van der Waals surface area contributed by atoms with Crippen molar-refractivity contribution in [1.82, 2.24) is 0 Å². The quantitative estimate of drug-likeness (QED) is 0.690. The largest absolute Gasteiger partial charge is 0.454 e. The average molecular weight is 303 g/mol. The third-order valence-electron chi connectivity index (χ3n) is 4.11.